The lowest BCUT2D eigenvalue weighted by Gasteiger charge is -2.32. The summed E-state index contributed by atoms with van der Waals surface area (Å²) >= 11 is 1.22. The van der Waals surface area contributed by atoms with E-state index in [1.807, 2.05) is 4.90 Å². The molecule has 1 saturated carbocycles. The quantitative estimate of drug-likeness (QED) is 0.734. The molecule has 1 saturated heterocycles. The zero-order valence-corrected chi connectivity index (χ0v) is 15.9. The minimum absolute atomic E-state index is 0. The lowest BCUT2D eigenvalue weighted by Crippen LogP contribution is -2.48. The van der Waals surface area contributed by atoms with Gasteiger partial charge in [-0.1, -0.05) is 6.07 Å². The van der Waals surface area contributed by atoms with Crippen molar-refractivity contribution in [2.45, 2.75) is 35.9 Å². The molecule has 24 heavy (non-hydrogen) atoms. The van der Waals surface area contributed by atoms with Crippen LogP contribution in [0.3, 0.4) is 0 Å². The maximum Gasteiger partial charge on any atom is 0.250 e. The van der Waals surface area contributed by atoms with Gasteiger partial charge in [0.2, 0.25) is 15.9 Å². The van der Waals surface area contributed by atoms with Crippen LogP contribution >= 0.6 is 23.7 Å². The Morgan fingerprint density at radius 1 is 1.25 bits per heavy atom. The van der Waals surface area contributed by atoms with E-state index in [1.54, 1.807) is 17.5 Å². The first-order valence-corrected chi connectivity index (χ1v) is 10.5. The minimum Gasteiger partial charge on any atom is -0.341 e. The van der Waals surface area contributed by atoms with Gasteiger partial charge in [0.1, 0.15) is 4.21 Å². The van der Waals surface area contributed by atoms with E-state index in [0.717, 1.165) is 12.5 Å². The predicted octanol–water partition coefficient (Wildman–Crippen LogP) is 1.44. The normalized spacial score (nSPS) is 19.1. The number of hydrogen-bond donors (Lipinski definition) is 2. The molecule has 0 aromatic carbocycles. The summed E-state index contributed by atoms with van der Waals surface area (Å²) in [5.41, 5.74) is 0. The Bertz CT molecular complexity index is 624. The monoisotopic (exact) mass is 393 g/mol. The molecular formula is C15H24ClN3O3S2. The van der Waals surface area contributed by atoms with E-state index in [1.165, 1.54) is 24.2 Å². The van der Waals surface area contributed by atoms with Gasteiger partial charge in [0, 0.05) is 19.1 Å². The molecule has 1 aromatic rings. The van der Waals surface area contributed by atoms with Gasteiger partial charge in [-0.05, 0) is 49.6 Å². The Kier molecular flexibility index (Phi) is 7.06. The smallest absolute Gasteiger partial charge is 0.250 e. The predicted molar refractivity (Wildman–Crippen MR) is 97.1 cm³/mol. The van der Waals surface area contributed by atoms with Crippen molar-refractivity contribution in [1.82, 2.24) is 14.9 Å². The number of likely N-dealkylation sites (tertiary alicyclic amines) is 1. The fourth-order valence-corrected chi connectivity index (χ4v) is 5.07. The lowest BCUT2D eigenvalue weighted by molar-refractivity contribution is -0.131. The van der Waals surface area contributed by atoms with Crippen LogP contribution in [0.1, 0.15) is 25.7 Å². The first-order chi connectivity index (χ1) is 11.0. The Labute approximate surface area is 153 Å². The van der Waals surface area contributed by atoms with Gasteiger partial charge < -0.3 is 10.2 Å². The average molecular weight is 394 g/mol. The van der Waals surface area contributed by atoms with Gasteiger partial charge in [-0.15, -0.1) is 23.7 Å². The largest absolute Gasteiger partial charge is 0.341 e. The number of hydrogen-bond acceptors (Lipinski definition) is 5. The molecular weight excluding hydrogens is 370 g/mol. The van der Waals surface area contributed by atoms with Crippen molar-refractivity contribution < 1.29 is 13.2 Å². The molecule has 0 radical (unpaired) electrons. The SMILES string of the molecule is Cl.O=C(CNCC1CC1)N1CCC(NS(=O)(=O)c2cccs2)CC1. The van der Waals surface area contributed by atoms with E-state index in [4.69, 9.17) is 0 Å². The van der Waals surface area contributed by atoms with Crippen LogP contribution in [-0.4, -0.2) is 51.4 Å². The van der Waals surface area contributed by atoms with Crippen LogP contribution in [0.4, 0.5) is 0 Å². The molecule has 0 bridgehead atoms. The third-order valence-corrected chi connectivity index (χ3v) is 7.25. The molecule has 1 aliphatic carbocycles. The lowest BCUT2D eigenvalue weighted by atomic mass is 10.1. The van der Waals surface area contributed by atoms with Gasteiger partial charge in [0.25, 0.3) is 0 Å². The Morgan fingerprint density at radius 2 is 1.96 bits per heavy atom. The van der Waals surface area contributed by atoms with E-state index in [9.17, 15) is 13.2 Å². The minimum atomic E-state index is -3.42. The molecule has 0 atom stereocenters. The topological polar surface area (TPSA) is 78.5 Å². The molecule has 0 unspecified atom stereocenters. The van der Waals surface area contributed by atoms with Gasteiger partial charge >= 0.3 is 0 Å². The fourth-order valence-electron chi connectivity index (χ4n) is 2.76. The number of nitrogens with one attached hydrogen (secondary N) is 2. The second-order valence-corrected chi connectivity index (χ2v) is 9.17. The van der Waals surface area contributed by atoms with Crippen molar-refractivity contribution in [1.29, 1.82) is 0 Å². The van der Waals surface area contributed by atoms with Crippen molar-refractivity contribution >= 4 is 39.7 Å². The number of thiophene rings is 1. The summed E-state index contributed by atoms with van der Waals surface area (Å²) in [6, 6.07) is 3.25. The Balaban J connectivity index is 0.00000208. The molecule has 0 spiro atoms. The summed E-state index contributed by atoms with van der Waals surface area (Å²) in [7, 11) is -3.42. The highest BCUT2D eigenvalue weighted by Gasteiger charge is 2.27. The molecule has 2 heterocycles. The van der Waals surface area contributed by atoms with Crippen molar-refractivity contribution in [3.8, 4) is 0 Å². The Hall–Kier alpha value is -0.670. The van der Waals surface area contributed by atoms with E-state index in [-0.39, 0.29) is 24.4 Å². The summed E-state index contributed by atoms with van der Waals surface area (Å²) in [5.74, 6) is 0.880. The summed E-state index contributed by atoms with van der Waals surface area (Å²) < 4.78 is 27.5. The van der Waals surface area contributed by atoms with E-state index in [2.05, 4.69) is 10.0 Å². The highest BCUT2D eigenvalue weighted by Crippen LogP contribution is 2.27. The van der Waals surface area contributed by atoms with Crippen LogP contribution < -0.4 is 10.0 Å². The molecule has 1 amide bonds. The average Bonchev–Trinajstić information content (AvgIpc) is 3.16. The van der Waals surface area contributed by atoms with Crippen LogP contribution in [0.15, 0.2) is 21.7 Å². The zero-order chi connectivity index (χ0) is 16.3. The van der Waals surface area contributed by atoms with Crippen LogP contribution in [0.2, 0.25) is 0 Å². The molecule has 2 aliphatic rings. The van der Waals surface area contributed by atoms with Crippen molar-refractivity contribution in [2.75, 3.05) is 26.2 Å². The second-order valence-electron chi connectivity index (χ2n) is 6.28. The van der Waals surface area contributed by atoms with Crippen LogP contribution in [-0.2, 0) is 14.8 Å². The molecule has 2 N–H and O–H groups in total. The molecule has 2 fully saturated rings. The van der Waals surface area contributed by atoms with Crippen LogP contribution in [0.25, 0.3) is 0 Å². The van der Waals surface area contributed by atoms with Crippen LogP contribution in [0, 0.1) is 5.92 Å². The van der Waals surface area contributed by atoms with E-state index in [0.29, 0.717) is 36.7 Å². The first-order valence-electron chi connectivity index (χ1n) is 8.09. The third-order valence-electron chi connectivity index (χ3n) is 4.34. The number of amides is 1. The number of sulfonamides is 1. The third kappa shape index (κ3) is 5.42. The van der Waals surface area contributed by atoms with E-state index >= 15 is 0 Å². The molecule has 1 aromatic heterocycles. The van der Waals surface area contributed by atoms with Crippen molar-refractivity contribution in [2.24, 2.45) is 5.92 Å². The zero-order valence-electron chi connectivity index (χ0n) is 13.4. The van der Waals surface area contributed by atoms with Gasteiger partial charge in [0.05, 0.1) is 6.54 Å². The van der Waals surface area contributed by atoms with Gasteiger partial charge in [-0.2, -0.15) is 0 Å². The highest BCUT2D eigenvalue weighted by molar-refractivity contribution is 7.91. The summed E-state index contributed by atoms with van der Waals surface area (Å²) in [5, 5.41) is 4.97. The second kappa shape index (κ2) is 8.62. The standard InChI is InChI=1S/C15H23N3O3S2.ClH/c19-14(11-16-10-12-3-4-12)18-7-5-13(6-8-18)17-23(20,21)15-2-1-9-22-15;/h1-2,9,12-13,16-17H,3-8,10-11H2;1H. The number of carbonyl (C=O) groups excluding carboxylic acids is 1. The number of piperidine rings is 1. The molecule has 3 rings (SSSR count). The number of halogens is 1. The maximum atomic E-state index is 12.2. The summed E-state index contributed by atoms with van der Waals surface area (Å²) in [4.78, 5) is 13.9. The summed E-state index contributed by atoms with van der Waals surface area (Å²) in [6.45, 7) is 2.55. The van der Waals surface area contributed by atoms with Crippen LogP contribution in [0.5, 0.6) is 0 Å². The van der Waals surface area contributed by atoms with Gasteiger partial charge in [0.15, 0.2) is 0 Å². The Morgan fingerprint density at radius 3 is 2.54 bits per heavy atom. The van der Waals surface area contributed by atoms with E-state index < -0.39 is 10.0 Å². The molecule has 136 valence electrons. The first kappa shape index (κ1) is 19.7. The van der Waals surface area contributed by atoms with Crippen molar-refractivity contribution in [3.05, 3.63) is 17.5 Å². The van der Waals surface area contributed by atoms with Crippen molar-refractivity contribution in [3.63, 3.8) is 0 Å². The number of carbonyl (C=O) groups is 1. The van der Waals surface area contributed by atoms with Gasteiger partial charge in [-0.3, -0.25) is 4.79 Å². The molecule has 6 nitrogen and oxygen atoms in total. The molecule has 1 aliphatic heterocycles. The summed E-state index contributed by atoms with van der Waals surface area (Å²) in [6.07, 6.45) is 3.88. The van der Waals surface area contributed by atoms with Gasteiger partial charge in [-0.25, -0.2) is 13.1 Å². The number of rotatable bonds is 7. The maximum absolute atomic E-state index is 12.2. The molecule has 9 heteroatoms. The fraction of sp³-hybridized carbons (Fsp3) is 0.667. The number of nitrogens with zero attached hydrogens (tertiary/aromatic N) is 1. The highest BCUT2D eigenvalue weighted by atomic mass is 35.5.